The minimum Gasteiger partial charge on any atom is -0.478 e. The molecule has 3 atom stereocenters. The van der Waals surface area contributed by atoms with Crippen LogP contribution in [0.25, 0.3) is 0 Å². The van der Waals surface area contributed by atoms with Crippen LogP contribution in [-0.2, 0) is 14.3 Å². The van der Waals surface area contributed by atoms with Crippen molar-refractivity contribution in [2.75, 3.05) is 13.2 Å². The molecular formula is C13H21NO5. The van der Waals surface area contributed by atoms with Crippen molar-refractivity contribution >= 4 is 12.1 Å². The van der Waals surface area contributed by atoms with E-state index in [4.69, 9.17) is 14.6 Å². The Kier molecular flexibility index (Phi) is 6.35. The zero-order valence-corrected chi connectivity index (χ0v) is 11.1. The lowest BCUT2D eigenvalue weighted by atomic mass is 9.89. The van der Waals surface area contributed by atoms with Gasteiger partial charge in [-0.2, -0.15) is 0 Å². The van der Waals surface area contributed by atoms with Gasteiger partial charge in [-0.25, -0.2) is 9.59 Å². The van der Waals surface area contributed by atoms with Gasteiger partial charge >= 0.3 is 12.1 Å². The third-order valence-corrected chi connectivity index (χ3v) is 3.10. The van der Waals surface area contributed by atoms with E-state index in [1.54, 1.807) is 0 Å². The van der Waals surface area contributed by atoms with Gasteiger partial charge in [0, 0.05) is 12.6 Å². The maximum Gasteiger partial charge on any atom is 0.407 e. The molecule has 108 valence electrons. The maximum absolute atomic E-state index is 11.0. The molecule has 1 saturated heterocycles. The Hall–Kier alpha value is -1.56. The lowest BCUT2D eigenvalue weighted by molar-refractivity contribution is -0.131. The monoisotopic (exact) mass is 271 g/mol. The molecule has 2 aliphatic rings. The quantitative estimate of drug-likeness (QED) is 0.598. The third kappa shape index (κ3) is 6.24. The van der Waals surface area contributed by atoms with Gasteiger partial charge in [0.25, 0.3) is 0 Å². The number of carbonyl (C=O) groups is 2. The average molecular weight is 271 g/mol. The van der Waals surface area contributed by atoms with E-state index in [0.29, 0.717) is 24.7 Å². The second-order valence-corrected chi connectivity index (χ2v) is 4.54. The number of rotatable bonds is 4. The van der Waals surface area contributed by atoms with E-state index in [1.165, 1.54) is 0 Å². The number of hydrogen-bond donors (Lipinski definition) is 2. The summed E-state index contributed by atoms with van der Waals surface area (Å²) in [5.74, 6) is -0.409. The molecule has 6 heteroatoms. The van der Waals surface area contributed by atoms with Gasteiger partial charge in [0.2, 0.25) is 0 Å². The Balaban J connectivity index is 0.000000312. The lowest BCUT2D eigenvalue weighted by Gasteiger charge is -2.18. The topological polar surface area (TPSA) is 88.2 Å². The molecule has 0 aromatic carbocycles. The highest BCUT2D eigenvalue weighted by molar-refractivity contribution is 5.78. The van der Waals surface area contributed by atoms with Crippen LogP contribution in [0.1, 0.15) is 26.2 Å². The molecule has 0 bridgehead atoms. The molecular weight excluding hydrogens is 250 g/mol. The number of carboxylic acids is 1. The van der Waals surface area contributed by atoms with Crippen molar-refractivity contribution < 1.29 is 24.2 Å². The molecule has 0 spiro atoms. The highest BCUT2D eigenvalue weighted by Crippen LogP contribution is 2.38. The normalized spacial score (nSPS) is 27.1. The number of epoxide rings is 1. The van der Waals surface area contributed by atoms with Crippen LogP contribution in [0.3, 0.4) is 0 Å². The van der Waals surface area contributed by atoms with Gasteiger partial charge in [-0.1, -0.05) is 6.58 Å². The summed E-state index contributed by atoms with van der Waals surface area (Å²) in [5.41, 5.74) is 0. The second kappa shape index (κ2) is 7.78. The van der Waals surface area contributed by atoms with Crippen molar-refractivity contribution in [1.29, 1.82) is 0 Å². The number of alkyl carbamates (subject to hydrolysis) is 1. The van der Waals surface area contributed by atoms with Crippen LogP contribution < -0.4 is 5.32 Å². The summed E-state index contributed by atoms with van der Waals surface area (Å²) >= 11 is 0. The summed E-state index contributed by atoms with van der Waals surface area (Å²) in [6.07, 6.45) is 4.96. The van der Waals surface area contributed by atoms with Crippen molar-refractivity contribution in [2.45, 2.75) is 38.4 Å². The lowest BCUT2D eigenvalue weighted by Crippen LogP contribution is -2.31. The van der Waals surface area contributed by atoms with Crippen molar-refractivity contribution in [3.63, 3.8) is 0 Å². The summed E-state index contributed by atoms with van der Waals surface area (Å²) in [6.45, 7) is 5.93. The van der Waals surface area contributed by atoms with Gasteiger partial charge in [-0.15, -0.1) is 0 Å². The Morgan fingerprint density at radius 3 is 2.68 bits per heavy atom. The van der Waals surface area contributed by atoms with E-state index in [-0.39, 0.29) is 6.09 Å². The molecule has 0 radical (unpaired) electrons. The number of nitrogens with one attached hydrogen (secondary N) is 1. The van der Waals surface area contributed by atoms with Crippen LogP contribution in [-0.4, -0.2) is 42.5 Å². The Morgan fingerprint density at radius 1 is 1.47 bits per heavy atom. The maximum atomic E-state index is 11.0. The van der Waals surface area contributed by atoms with E-state index in [2.05, 4.69) is 11.9 Å². The molecule has 3 unspecified atom stereocenters. The number of aliphatic carboxylic acids is 1. The smallest absolute Gasteiger partial charge is 0.407 e. The van der Waals surface area contributed by atoms with Crippen LogP contribution in [0.2, 0.25) is 0 Å². The molecule has 1 heterocycles. The minimum absolute atomic E-state index is 0.300. The number of carboxylic acid groups (broad SMARTS) is 1. The van der Waals surface area contributed by atoms with Gasteiger partial charge in [0.15, 0.2) is 0 Å². The van der Waals surface area contributed by atoms with E-state index < -0.39 is 5.97 Å². The van der Waals surface area contributed by atoms with Crippen LogP contribution >= 0.6 is 0 Å². The molecule has 1 aliphatic carbocycles. The standard InChI is InChI=1S/C10H17NO3.C3H4O2/c1-2-13-10(12)11-6-7-3-4-8-9(5-7)14-8;1-2-3(4)5/h7-9H,2-6H2,1H3,(H,11,12);2H,1H2,(H,4,5). The summed E-state index contributed by atoms with van der Waals surface area (Å²) in [4.78, 5) is 20.3. The molecule has 6 nitrogen and oxygen atoms in total. The zero-order chi connectivity index (χ0) is 14.3. The SMILES string of the molecule is C=CC(=O)O.CCOC(=O)NCC1CCC2OC2C1. The van der Waals surface area contributed by atoms with Crippen LogP contribution in [0.5, 0.6) is 0 Å². The van der Waals surface area contributed by atoms with Gasteiger partial charge in [-0.3, -0.25) is 0 Å². The number of amides is 1. The molecule has 19 heavy (non-hydrogen) atoms. The molecule has 1 amide bonds. The van der Waals surface area contributed by atoms with E-state index in [0.717, 1.165) is 31.9 Å². The predicted molar refractivity (Wildman–Crippen MR) is 68.9 cm³/mol. The first-order valence-electron chi connectivity index (χ1n) is 6.48. The molecule has 2 rings (SSSR count). The second-order valence-electron chi connectivity index (χ2n) is 4.54. The Morgan fingerprint density at radius 2 is 2.16 bits per heavy atom. The summed E-state index contributed by atoms with van der Waals surface area (Å²) < 4.78 is 10.2. The van der Waals surface area contributed by atoms with Crippen LogP contribution in [0.4, 0.5) is 4.79 Å². The number of ether oxygens (including phenoxy) is 2. The molecule has 1 saturated carbocycles. The average Bonchev–Trinajstić information content (AvgIpc) is 3.15. The summed E-state index contributed by atoms with van der Waals surface area (Å²) in [6, 6.07) is 0. The molecule has 0 aromatic rings. The van der Waals surface area contributed by atoms with E-state index >= 15 is 0 Å². The third-order valence-electron chi connectivity index (χ3n) is 3.10. The minimum atomic E-state index is -0.981. The molecule has 1 aliphatic heterocycles. The molecule has 0 aromatic heterocycles. The molecule has 2 N–H and O–H groups in total. The number of carbonyl (C=O) groups excluding carboxylic acids is 1. The van der Waals surface area contributed by atoms with Crippen molar-refractivity contribution in [3.05, 3.63) is 12.7 Å². The van der Waals surface area contributed by atoms with Gasteiger partial charge in [0.05, 0.1) is 18.8 Å². The first kappa shape index (κ1) is 15.5. The summed E-state index contributed by atoms with van der Waals surface area (Å²) in [5, 5.41) is 10.4. The van der Waals surface area contributed by atoms with Crippen LogP contribution in [0.15, 0.2) is 12.7 Å². The Bertz CT molecular complexity index is 331. The number of fused-ring (bicyclic) bond motifs is 1. The first-order chi connectivity index (χ1) is 9.06. The van der Waals surface area contributed by atoms with Crippen molar-refractivity contribution in [1.82, 2.24) is 5.32 Å². The number of hydrogen-bond acceptors (Lipinski definition) is 4. The fourth-order valence-corrected chi connectivity index (χ4v) is 2.08. The van der Waals surface area contributed by atoms with Gasteiger partial charge in [0.1, 0.15) is 0 Å². The Labute approximate surface area is 112 Å². The van der Waals surface area contributed by atoms with Gasteiger partial charge < -0.3 is 19.9 Å². The first-order valence-corrected chi connectivity index (χ1v) is 6.48. The predicted octanol–water partition coefficient (Wildman–Crippen LogP) is 1.56. The molecule has 2 fully saturated rings. The largest absolute Gasteiger partial charge is 0.478 e. The van der Waals surface area contributed by atoms with Crippen LogP contribution in [0, 0.1) is 5.92 Å². The fourth-order valence-electron chi connectivity index (χ4n) is 2.08. The fraction of sp³-hybridized carbons (Fsp3) is 0.692. The van der Waals surface area contributed by atoms with E-state index in [9.17, 15) is 9.59 Å². The summed E-state index contributed by atoms with van der Waals surface area (Å²) in [7, 11) is 0. The van der Waals surface area contributed by atoms with E-state index in [1.807, 2.05) is 6.92 Å². The highest BCUT2D eigenvalue weighted by atomic mass is 16.6. The highest BCUT2D eigenvalue weighted by Gasteiger charge is 2.43. The zero-order valence-electron chi connectivity index (χ0n) is 11.1. The van der Waals surface area contributed by atoms with Crippen molar-refractivity contribution in [2.24, 2.45) is 5.92 Å². The van der Waals surface area contributed by atoms with Gasteiger partial charge in [-0.05, 0) is 32.1 Å². The van der Waals surface area contributed by atoms with Crippen molar-refractivity contribution in [3.8, 4) is 0 Å².